The lowest BCUT2D eigenvalue weighted by Gasteiger charge is -2.40. The van der Waals surface area contributed by atoms with Crippen molar-refractivity contribution in [1.82, 2.24) is 4.90 Å². The largest absolute Gasteiger partial charge is 0.392 e. The van der Waals surface area contributed by atoms with E-state index in [0.29, 0.717) is 18.0 Å². The van der Waals surface area contributed by atoms with E-state index in [0.717, 1.165) is 19.3 Å². The number of rotatable bonds is 5. The molecule has 0 atom stereocenters. The van der Waals surface area contributed by atoms with Crippen LogP contribution in [-0.4, -0.2) is 42.1 Å². The average Bonchev–Trinajstić information content (AvgIpc) is 2.09. The van der Waals surface area contributed by atoms with E-state index in [-0.39, 0.29) is 11.5 Å². The maximum Gasteiger partial charge on any atom is 0.225 e. The van der Waals surface area contributed by atoms with Gasteiger partial charge in [0.05, 0.1) is 23.6 Å². The summed E-state index contributed by atoms with van der Waals surface area (Å²) in [6, 6.07) is 0. The van der Waals surface area contributed by atoms with Gasteiger partial charge in [0.2, 0.25) is 5.91 Å². The van der Waals surface area contributed by atoms with Gasteiger partial charge >= 0.3 is 0 Å². The molecule has 0 aromatic carbocycles. The van der Waals surface area contributed by atoms with Gasteiger partial charge in [-0.1, -0.05) is 12.2 Å². The number of nitrogens with two attached hydrogens (primary N) is 1. The molecule has 0 heterocycles. The molecule has 1 rings (SSSR count). The van der Waals surface area contributed by atoms with Gasteiger partial charge in [-0.05, 0) is 19.3 Å². The molecule has 1 aliphatic carbocycles. The molecule has 15 heavy (non-hydrogen) atoms. The molecule has 1 saturated carbocycles. The van der Waals surface area contributed by atoms with Gasteiger partial charge in [0.1, 0.15) is 0 Å². The summed E-state index contributed by atoms with van der Waals surface area (Å²) >= 11 is 4.76. The first-order valence-electron chi connectivity index (χ1n) is 5.06. The van der Waals surface area contributed by atoms with Gasteiger partial charge in [-0.15, -0.1) is 0 Å². The fraction of sp³-hybridized carbons (Fsp3) is 0.800. The van der Waals surface area contributed by atoms with Gasteiger partial charge in [-0.25, -0.2) is 0 Å². The number of likely N-dealkylation sites (N-methyl/N-ethyl adjacent to an activating group) is 1. The zero-order valence-corrected chi connectivity index (χ0v) is 10.1. The molecule has 0 saturated heterocycles. The van der Waals surface area contributed by atoms with Crippen molar-refractivity contribution in [2.75, 3.05) is 20.7 Å². The molecule has 2 N–H and O–H groups in total. The van der Waals surface area contributed by atoms with Crippen molar-refractivity contribution in [3.63, 3.8) is 0 Å². The molecule has 0 spiro atoms. The van der Waals surface area contributed by atoms with E-state index in [4.69, 9.17) is 22.7 Å². The predicted octanol–water partition coefficient (Wildman–Crippen LogP) is 0.690. The zero-order chi connectivity index (χ0) is 11.5. The standard InChI is InChI=1S/C10H18N2O2S/c1-12(7-8(11)15)9(13)6-10(14-2)4-3-5-10/h3-7H2,1-2H3,(H2,11,15). The monoisotopic (exact) mass is 230 g/mol. The van der Waals surface area contributed by atoms with Gasteiger partial charge in [-0.2, -0.15) is 0 Å². The molecule has 86 valence electrons. The molecule has 1 amide bonds. The van der Waals surface area contributed by atoms with E-state index in [1.54, 1.807) is 19.1 Å². The van der Waals surface area contributed by atoms with E-state index in [1.165, 1.54) is 0 Å². The normalized spacial score (nSPS) is 18.0. The van der Waals surface area contributed by atoms with E-state index < -0.39 is 0 Å². The highest BCUT2D eigenvalue weighted by Crippen LogP contribution is 2.38. The molecule has 1 fully saturated rings. The molecule has 1 aliphatic rings. The van der Waals surface area contributed by atoms with Gasteiger partial charge < -0.3 is 15.4 Å². The Bertz CT molecular complexity index is 259. The average molecular weight is 230 g/mol. The Morgan fingerprint density at radius 1 is 1.60 bits per heavy atom. The fourth-order valence-corrected chi connectivity index (χ4v) is 1.95. The van der Waals surface area contributed by atoms with Crippen molar-refractivity contribution >= 4 is 23.1 Å². The minimum atomic E-state index is -0.221. The minimum absolute atomic E-state index is 0.0457. The van der Waals surface area contributed by atoms with E-state index >= 15 is 0 Å². The number of carbonyl (C=O) groups excluding carboxylic acids is 1. The number of hydrogen-bond acceptors (Lipinski definition) is 3. The summed E-state index contributed by atoms with van der Waals surface area (Å²) < 4.78 is 5.39. The van der Waals surface area contributed by atoms with Gasteiger partial charge in [0.25, 0.3) is 0 Å². The Hall–Kier alpha value is -0.680. The van der Waals surface area contributed by atoms with Crippen LogP contribution in [0.2, 0.25) is 0 Å². The van der Waals surface area contributed by atoms with Crippen LogP contribution in [0.15, 0.2) is 0 Å². The molecule has 0 radical (unpaired) electrons. The summed E-state index contributed by atoms with van der Waals surface area (Å²) in [5.41, 5.74) is 5.16. The Kier molecular flexibility index (Phi) is 4.04. The third-order valence-electron chi connectivity index (χ3n) is 2.99. The summed E-state index contributed by atoms with van der Waals surface area (Å²) in [6.07, 6.45) is 3.51. The molecule has 0 aliphatic heterocycles. The van der Waals surface area contributed by atoms with Crippen LogP contribution in [0, 0.1) is 0 Å². The maximum atomic E-state index is 11.8. The number of ether oxygens (including phenoxy) is 1. The number of hydrogen-bond donors (Lipinski definition) is 1. The Morgan fingerprint density at radius 3 is 2.53 bits per heavy atom. The van der Waals surface area contributed by atoms with Crippen molar-refractivity contribution < 1.29 is 9.53 Å². The van der Waals surface area contributed by atoms with Crippen LogP contribution in [0.3, 0.4) is 0 Å². The maximum absolute atomic E-state index is 11.8. The van der Waals surface area contributed by atoms with Crippen LogP contribution in [0.1, 0.15) is 25.7 Å². The molecule has 0 bridgehead atoms. The number of amides is 1. The SMILES string of the molecule is COC1(CC(=O)N(C)CC(N)=S)CCC1. The van der Waals surface area contributed by atoms with Crippen molar-refractivity contribution in [2.24, 2.45) is 5.73 Å². The van der Waals surface area contributed by atoms with Crippen LogP contribution in [0.25, 0.3) is 0 Å². The first-order chi connectivity index (χ1) is 6.99. The summed E-state index contributed by atoms with van der Waals surface area (Å²) in [5, 5.41) is 0. The van der Waals surface area contributed by atoms with Crippen molar-refractivity contribution in [3.8, 4) is 0 Å². The number of methoxy groups -OCH3 is 1. The lowest BCUT2D eigenvalue weighted by Crippen LogP contribution is -2.45. The number of nitrogens with zero attached hydrogens (tertiary/aromatic N) is 1. The second kappa shape index (κ2) is 4.90. The Labute approximate surface area is 95.8 Å². The molecule has 0 aromatic heterocycles. The van der Waals surface area contributed by atoms with Crippen LogP contribution >= 0.6 is 12.2 Å². The highest BCUT2D eigenvalue weighted by Gasteiger charge is 2.39. The third-order valence-corrected chi connectivity index (χ3v) is 3.12. The lowest BCUT2D eigenvalue weighted by molar-refractivity contribution is -0.142. The lowest BCUT2D eigenvalue weighted by atomic mass is 9.77. The van der Waals surface area contributed by atoms with Crippen molar-refractivity contribution in [2.45, 2.75) is 31.3 Å². The van der Waals surface area contributed by atoms with Gasteiger partial charge in [0, 0.05) is 14.2 Å². The van der Waals surface area contributed by atoms with Crippen molar-refractivity contribution in [1.29, 1.82) is 0 Å². The quantitative estimate of drug-likeness (QED) is 0.706. The van der Waals surface area contributed by atoms with Crippen LogP contribution in [-0.2, 0) is 9.53 Å². The third kappa shape index (κ3) is 3.14. The first kappa shape index (κ1) is 12.4. The molecule has 5 heteroatoms. The predicted molar refractivity (Wildman–Crippen MR) is 62.6 cm³/mol. The van der Waals surface area contributed by atoms with Crippen LogP contribution < -0.4 is 5.73 Å². The van der Waals surface area contributed by atoms with E-state index in [9.17, 15) is 4.79 Å². The Morgan fingerprint density at radius 2 is 2.20 bits per heavy atom. The van der Waals surface area contributed by atoms with Crippen molar-refractivity contribution in [3.05, 3.63) is 0 Å². The topological polar surface area (TPSA) is 55.6 Å². The van der Waals surface area contributed by atoms with Crippen LogP contribution in [0.5, 0.6) is 0 Å². The van der Waals surface area contributed by atoms with Crippen LogP contribution in [0.4, 0.5) is 0 Å². The van der Waals surface area contributed by atoms with E-state index in [2.05, 4.69) is 0 Å². The van der Waals surface area contributed by atoms with Gasteiger partial charge in [0.15, 0.2) is 0 Å². The number of thiocarbonyl (C=S) groups is 1. The summed E-state index contributed by atoms with van der Waals surface area (Å²) in [7, 11) is 3.38. The molecular formula is C10H18N2O2S. The first-order valence-corrected chi connectivity index (χ1v) is 5.47. The molecule has 0 aromatic rings. The second-order valence-corrected chi connectivity index (χ2v) is 4.66. The van der Waals surface area contributed by atoms with E-state index in [1.807, 2.05) is 0 Å². The Balaban J connectivity index is 2.43. The highest BCUT2D eigenvalue weighted by molar-refractivity contribution is 7.80. The smallest absolute Gasteiger partial charge is 0.225 e. The minimum Gasteiger partial charge on any atom is -0.392 e. The summed E-state index contributed by atoms with van der Waals surface area (Å²) in [5.74, 6) is 0.0457. The van der Waals surface area contributed by atoms with Gasteiger partial charge in [-0.3, -0.25) is 4.79 Å². The highest BCUT2D eigenvalue weighted by atomic mass is 32.1. The number of carbonyl (C=O) groups is 1. The molecule has 0 unspecified atom stereocenters. The summed E-state index contributed by atoms with van der Waals surface area (Å²) in [6.45, 7) is 0.341. The molecule has 4 nitrogen and oxygen atoms in total. The summed E-state index contributed by atoms with van der Waals surface area (Å²) in [4.78, 5) is 13.7. The zero-order valence-electron chi connectivity index (χ0n) is 9.28. The fourth-order valence-electron chi connectivity index (χ4n) is 1.76. The second-order valence-electron chi connectivity index (χ2n) is 4.13. The molecular weight excluding hydrogens is 212 g/mol.